The van der Waals surface area contributed by atoms with Crippen molar-refractivity contribution in [2.75, 3.05) is 13.1 Å². The summed E-state index contributed by atoms with van der Waals surface area (Å²) in [5.74, 6) is 0.285. The highest BCUT2D eigenvalue weighted by atomic mass is 16.5. The first-order chi connectivity index (χ1) is 10.7. The quantitative estimate of drug-likeness (QED) is 0.925. The van der Waals surface area contributed by atoms with Crippen molar-refractivity contribution in [3.8, 4) is 0 Å². The van der Waals surface area contributed by atoms with Crippen molar-refractivity contribution in [1.82, 2.24) is 10.1 Å². The van der Waals surface area contributed by atoms with Gasteiger partial charge in [-0.1, -0.05) is 36.8 Å². The fourth-order valence-electron chi connectivity index (χ4n) is 3.95. The number of carbonyl (C=O) groups excluding carboxylic acids is 1. The number of benzene rings is 1. The lowest BCUT2D eigenvalue weighted by molar-refractivity contribution is 0.0686. The highest BCUT2D eigenvalue weighted by molar-refractivity contribution is 5.91. The van der Waals surface area contributed by atoms with Crippen LogP contribution < -0.4 is 5.56 Å². The van der Waals surface area contributed by atoms with E-state index in [0.29, 0.717) is 12.5 Å². The number of likely N-dealkylation sites (tertiary alicyclic amines) is 1. The van der Waals surface area contributed by atoms with E-state index in [9.17, 15) is 9.59 Å². The molecule has 5 nitrogen and oxygen atoms in total. The van der Waals surface area contributed by atoms with Gasteiger partial charge in [-0.25, -0.2) is 0 Å². The summed E-state index contributed by atoms with van der Waals surface area (Å²) in [6.07, 6.45) is 3.55. The second kappa shape index (κ2) is 4.87. The van der Waals surface area contributed by atoms with Crippen molar-refractivity contribution in [3.05, 3.63) is 58.1 Å². The minimum atomic E-state index is -0.375. The van der Waals surface area contributed by atoms with Crippen LogP contribution in [0, 0.1) is 5.41 Å². The van der Waals surface area contributed by atoms with Crippen LogP contribution >= 0.6 is 0 Å². The van der Waals surface area contributed by atoms with Crippen molar-refractivity contribution < 1.29 is 9.32 Å². The number of aromatic amines is 1. The molecule has 1 atom stereocenters. The lowest BCUT2D eigenvalue weighted by Gasteiger charge is -2.43. The van der Waals surface area contributed by atoms with E-state index in [1.165, 1.54) is 18.1 Å². The minimum Gasteiger partial charge on any atom is -0.373 e. The Bertz CT molecular complexity index is 743. The third-order valence-electron chi connectivity index (χ3n) is 5.22. The standard InChI is InChI=1S/C17H18N2O3/c20-15-9-14(22-18-15)16(21)19-10-13(12-5-2-1-3-6-12)17(11-19)7-4-8-17/h1-3,5-6,9,13H,4,7-8,10-11H2,(H,18,20). The molecule has 1 saturated heterocycles. The zero-order chi connectivity index (χ0) is 15.2. The second-order valence-corrected chi connectivity index (χ2v) is 6.44. The Morgan fingerprint density at radius 1 is 1.27 bits per heavy atom. The average molecular weight is 298 g/mol. The maximum absolute atomic E-state index is 12.5. The fourth-order valence-corrected chi connectivity index (χ4v) is 3.95. The van der Waals surface area contributed by atoms with Gasteiger partial charge in [0.2, 0.25) is 5.76 Å². The Balaban J connectivity index is 1.62. The summed E-state index contributed by atoms with van der Waals surface area (Å²) in [7, 11) is 0. The molecule has 1 aliphatic carbocycles. The van der Waals surface area contributed by atoms with Gasteiger partial charge in [0.05, 0.1) is 6.07 Å². The number of carbonyl (C=O) groups is 1. The van der Waals surface area contributed by atoms with Gasteiger partial charge >= 0.3 is 0 Å². The van der Waals surface area contributed by atoms with E-state index in [1.54, 1.807) is 0 Å². The summed E-state index contributed by atoms with van der Waals surface area (Å²) in [6, 6.07) is 11.6. The van der Waals surface area contributed by atoms with Crippen LogP contribution in [0.15, 0.2) is 45.7 Å². The SMILES string of the molecule is O=C(c1cc(=O)[nH]o1)N1CC(c2ccccc2)C2(CCC2)C1. The third kappa shape index (κ3) is 2.00. The van der Waals surface area contributed by atoms with Gasteiger partial charge in [0.25, 0.3) is 11.5 Å². The predicted molar refractivity (Wildman–Crippen MR) is 80.7 cm³/mol. The number of hydrogen-bond donors (Lipinski definition) is 1. The molecule has 1 N–H and O–H groups in total. The molecule has 22 heavy (non-hydrogen) atoms. The normalized spacial score (nSPS) is 22.7. The van der Waals surface area contributed by atoms with Gasteiger partial charge in [0, 0.05) is 19.0 Å². The maximum atomic E-state index is 12.5. The first kappa shape index (κ1) is 13.4. The molecule has 1 aromatic carbocycles. The fraction of sp³-hybridized carbons (Fsp3) is 0.412. The zero-order valence-corrected chi connectivity index (χ0v) is 12.2. The summed E-state index contributed by atoms with van der Waals surface area (Å²) >= 11 is 0. The minimum absolute atomic E-state index is 0.105. The number of nitrogens with one attached hydrogen (secondary N) is 1. The van der Waals surface area contributed by atoms with Crippen molar-refractivity contribution in [2.45, 2.75) is 25.2 Å². The van der Waals surface area contributed by atoms with Crippen LogP contribution in [-0.4, -0.2) is 29.1 Å². The lowest BCUT2D eigenvalue weighted by atomic mass is 9.61. The molecule has 114 valence electrons. The van der Waals surface area contributed by atoms with Gasteiger partial charge in [0.1, 0.15) is 0 Å². The van der Waals surface area contributed by atoms with Crippen LogP contribution in [0.1, 0.15) is 41.3 Å². The number of H-pyrrole nitrogens is 1. The van der Waals surface area contributed by atoms with Crippen LogP contribution in [0.5, 0.6) is 0 Å². The highest BCUT2D eigenvalue weighted by Crippen LogP contribution is 2.55. The maximum Gasteiger partial charge on any atom is 0.292 e. The summed E-state index contributed by atoms with van der Waals surface area (Å²) in [6.45, 7) is 1.44. The van der Waals surface area contributed by atoms with Gasteiger partial charge < -0.3 is 9.42 Å². The molecule has 0 radical (unpaired) electrons. The Morgan fingerprint density at radius 2 is 2.05 bits per heavy atom. The van der Waals surface area contributed by atoms with Crippen LogP contribution in [0.25, 0.3) is 0 Å². The molecular weight excluding hydrogens is 280 g/mol. The molecule has 2 aliphatic rings. The van der Waals surface area contributed by atoms with E-state index in [2.05, 4.69) is 29.4 Å². The summed E-state index contributed by atoms with van der Waals surface area (Å²) in [5, 5.41) is 2.19. The van der Waals surface area contributed by atoms with Gasteiger partial charge in [-0.2, -0.15) is 5.16 Å². The summed E-state index contributed by atoms with van der Waals surface area (Å²) < 4.78 is 4.97. The Kier molecular flexibility index (Phi) is 2.96. The molecule has 0 bridgehead atoms. The van der Waals surface area contributed by atoms with E-state index in [1.807, 2.05) is 11.0 Å². The first-order valence-electron chi connectivity index (χ1n) is 7.71. The smallest absolute Gasteiger partial charge is 0.292 e. The van der Waals surface area contributed by atoms with Crippen molar-refractivity contribution in [1.29, 1.82) is 0 Å². The van der Waals surface area contributed by atoms with Crippen LogP contribution in [0.3, 0.4) is 0 Å². The molecule has 1 saturated carbocycles. The molecule has 2 heterocycles. The number of nitrogens with zero attached hydrogens (tertiary/aromatic N) is 1. The number of rotatable bonds is 2. The molecule has 1 amide bonds. The van der Waals surface area contributed by atoms with E-state index in [0.717, 1.165) is 19.4 Å². The highest BCUT2D eigenvalue weighted by Gasteiger charge is 2.52. The first-order valence-corrected chi connectivity index (χ1v) is 7.71. The predicted octanol–water partition coefficient (Wildman–Crippen LogP) is 2.38. The molecule has 1 unspecified atom stereocenters. The van der Waals surface area contributed by atoms with Crippen LogP contribution in [0.2, 0.25) is 0 Å². The Labute approximate surface area is 127 Å². The van der Waals surface area contributed by atoms with Crippen molar-refractivity contribution in [2.24, 2.45) is 5.41 Å². The largest absolute Gasteiger partial charge is 0.373 e. The van der Waals surface area contributed by atoms with Crippen molar-refractivity contribution in [3.63, 3.8) is 0 Å². The topological polar surface area (TPSA) is 66.3 Å². The van der Waals surface area contributed by atoms with Crippen LogP contribution in [-0.2, 0) is 0 Å². The molecular formula is C17H18N2O3. The summed E-state index contributed by atoms with van der Waals surface area (Å²) in [5.41, 5.74) is 1.13. The third-order valence-corrected chi connectivity index (χ3v) is 5.22. The molecule has 1 spiro atoms. The van der Waals surface area contributed by atoms with E-state index >= 15 is 0 Å². The lowest BCUT2D eigenvalue weighted by Crippen LogP contribution is -2.37. The molecule has 2 aromatic rings. The molecule has 2 fully saturated rings. The molecule has 1 aromatic heterocycles. The van der Waals surface area contributed by atoms with Gasteiger partial charge in [-0.3, -0.25) is 9.59 Å². The van der Waals surface area contributed by atoms with E-state index < -0.39 is 0 Å². The van der Waals surface area contributed by atoms with E-state index in [-0.39, 0.29) is 22.6 Å². The molecule has 5 heteroatoms. The average Bonchev–Trinajstić information content (AvgIpc) is 3.11. The van der Waals surface area contributed by atoms with Gasteiger partial charge in [-0.15, -0.1) is 0 Å². The Morgan fingerprint density at radius 3 is 2.64 bits per heavy atom. The van der Waals surface area contributed by atoms with Gasteiger partial charge in [0.15, 0.2) is 0 Å². The summed E-state index contributed by atoms with van der Waals surface area (Å²) in [4.78, 5) is 25.5. The number of hydrogen-bond acceptors (Lipinski definition) is 3. The van der Waals surface area contributed by atoms with Gasteiger partial charge in [-0.05, 0) is 23.8 Å². The number of aromatic nitrogens is 1. The monoisotopic (exact) mass is 298 g/mol. The van der Waals surface area contributed by atoms with Crippen molar-refractivity contribution >= 4 is 5.91 Å². The zero-order valence-electron chi connectivity index (χ0n) is 12.2. The van der Waals surface area contributed by atoms with Crippen LogP contribution in [0.4, 0.5) is 0 Å². The van der Waals surface area contributed by atoms with E-state index in [4.69, 9.17) is 4.52 Å². The number of amides is 1. The molecule has 1 aliphatic heterocycles. The second-order valence-electron chi connectivity index (χ2n) is 6.44. The Hall–Kier alpha value is -2.30. The molecule has 4 rings (SSSR count).